The van der Waals surface area contributed by atoms with Crippen LogP contribution in [0.25, 0.3) is 10.8 Å². The number of carbonyl (C=O) groups excluding carboxylic acids is 2. The number of aliphatic imine (C=N–C) groups is 1. The predicted octanol–water partition coefficient (Wildman–Crippen LogP) is 3.64. The molecule has 0 radical (unpaired) electrons. The summed E-state index contributed by atoms with van der Waals surface area (Å²) in [6.07, 6.45) is 1.12. The van der Waals surface area contributed by atoms with E-state index in [1.54, 1.807) is 75.4 Å². The van der Waals surface area contributed by atoms with Crippen molar-refractivity contribution in [1.29, 1.82) is 0 Å². The van der Waals surface area contributed by atoms with Crippen molar-refractivity contribution in [3.8, 4) is 0 Å². The third kappa shape index (κ3) is 6.62. The van der Waals surface area contributed by atoms with Gasteiger partial charge in [-0.05, 0) is 44.2 Å². The highest BCUT2D eigenvalue weighted by atomic mass is 32.2. The minimum absolute atomic E-state index is 0.00356. The number of sulfonamides is 1. The second-order valence-corrected chi connectivity index (χ2v) is 12.9. The molecule has 2 heterocycles. The number of fused-ring (bicyclic) bond motifs is 2. The monoisotopic (exact) mass is 616 g/mol. The SMILES string of the molecule is CC(C)(C)OC(=O)/N=C(\N)c1ccc(CNC(=O)C2CCc3ncc(NS(=O)(=O)c4cccc5ccccc45)c(=O)n32)cc1. The van der Waals surface area contributed by atoms with Crippen molar-refractivity contribution in [2.24, 2.45) is 10.7 Å². The lowest BCUT2D eigenvalue weighted by atomic mass is 10.1. The molecule has 3 aromatic carbocycles. The van der Waals surface area contributed by atoms with Crippen LogP contribution in [0.1, 0.15) is 50.2 Å². The van der Waals surface area contributed by atoms with Crippen molar-refractivity contribution in [3.63, 3.8) is 0 Å². The van der Waals surface area contributed by atoms with Gasteiger partial charge in [-0.2, -0.15) is 4.99 Å². The van der Waals surface area contributed by atoms with E-state index in [1.165, 1.54) is 16.8 Å². The summed E-state index contributed by atoms with van der Waals surface area (Å²) in [6.45, 7) is 5.34. The molecule has 0 fully saturated rings. The van der Waals surface area contributed by atoms with E-state index < -0.39 is 39.2 Å². The Hall–Kier alpha value is -5.04. The molecule has 0 bridgehead atoms. The van der Waals surface area contributed by atoms with Crippen LogP contribution in [0.3, 0.4) is 0 Å². The normalized spacial score (nSPS) is 15.1. The van der Waals surface area contributed by atoms with Gasteiger partial charge in [-0.3, -0.25) is 18.9 Å². The average molecular weight is 617 g/mol. The van der Waals surface area contributed by atoms with Crippen molar-refractivity contribution in [2.45, 2.75) is 56.7 Å². The van der Waals surface area contributed by atoms with Crippen LogP contribution >= 0.6 is 0 Å². The molecule has 13 heteroatoms. The zero-order chi connectivity index (χ0) is 31.6. The van der Waals surface area contributed by atoms with Crippen molar-refractivity contribution in [2.75, 3.05) is 4.72 Å². The maximum Gasteiger partial charge on any atom is 0.436 e. The minimum Gasteiger partial charge on any atom is -0.442 e. The standard InChI is InChI=1S/C31H32N6O6S/c1-31(2,3)43-30(40)35-27(32)21-13-11-19(12-14-21)17-34-28(38)24-15-16-26-33-18-23(29(39)37(24)26)36-44(41,42)25-10-6-8-20-7-4-5-9-22(20)25/h4-14,18,24,36H,15-17H2,1-3H3,(H,34,38)(H2,32,35,40). The molecule has 12 nitrogen and oxygen atoms in total. The lowest BCUT2D eigenvalue weighted by molar-refractivity contribution is -0.124. The zero-order valence-electron chi connectivity index (χ0n) is 24.4. The van der Waals surface area contributed by atoms with Crippen molar-refractivity contribution >= 4 is 44.3 Å². The molecule has 228 valence electrons. The van der Waals surface area contributed by atoms with E-state index in [0.717, 1.165) is 10.9 Å². The average Bonchev–Trinajstić information content (AvgIpc) is 3.41. The van der Waals surface area contributed by atoms with Crippen molar-refractivity contribution in [3.05, 3.63) is 100 Å². The third-order valence-electron chi connectivity index (χ3n) is 6.93. The Balaban J connectivity index is 1.28. The lowest BCUT2D eigenvalue weighted by Gasteiger charge is -2.17. The number of nitrogens with two attached hydrogens (primary N) is 1. The number of hydrogen-bond donors (Lipinski definition) is 3. The molecule has 4 N–H and O–H groups in total. The van der Waals surface area contributed by atoms with Crippen LogP contribution in [0.15, 0.2) is 87.6 Å². The number of nitrogens with zero attached hydrogens (tertiary/aromatic N) is 3. The van der Waals surface area contributed by atoms with E-state index in [4.69, 9.17) is 10.5 Å². The maximum atomic E-state index is 13.4. The second-order valence-electron chi connectivity index (χ2n) is 11.3. The van der Waals surface area contributed by atoms with E-state index in [2.05, 4.69) is 20.0 Å². The summed E-state index contributed by atoms with van der Waals surface area (Å²) in [5.41, 5.74) is 5.59. The number of carbonyl (C=O) groups is 2. The summed E-state index contributed by atoms with van der Waals surface area (Å²) in [6, 6.07) is 17.9. The molecule has 1 atom stereocenters. The van der Waals surface area contributed by atoms with E-state index in [-0.39, 0.29) is 23.0 Å². The molecule has 0 saturated heterocycles. The van der Waals surface area contributed by atoms with Crippen LogP contribution in [-0.2, 0) is 32.5 Å². The summed E-state index contributed by atoms with van der Waals surface area (Å²) >= 11 is 0. The highest BCUT2D eigenvalue weighted by molar-refractivity contribution is 7.93. The minimum atomic E-state index is -4.14. The molecule has 1 unspecified atom stereocenters. The van der Waals surface area contributed by atoms with E-state index in [0.29, 0.717) is 29.6 Å². The van der Waals surface area contributed by atoms with E-state index in [9.17, 15) is 22.8 Å². The Labute approximate surface area is 254 Å². The number of benzene rings is 3. The number of rotatable bonds is 7. The first-order chi connectivity index (χ1) is 20.8. The van der Waals surface area contributed by atoms with Crippen LogP contribution in [0, 0.1) is 0 Å². The number of anilines is 1. The Bertz CT molecular complexity index is 1940. The quantitative estimate of drug-likeness (QED) is 0.208. The molecule has 1 aromatic heterocycles. The highest BCUT2D eigenvalue weighted by Gasteiger charge is 2.32. The largest absolute Gasteiger partial charge is 0.442 e. The van der Waals surface area contributed by atoms with Crippen molar-refractivity contribution < 1.29 is 22.7 Å². The van der Waals surface area contributed by atoms with Crippen LogP contribution < -0.4 is 21.3 Å². The molecule has 1 aliphatic rings. The number of hydrogen-bond acceptors (Lipinski definition) is 7. The molecular formula is C31H32N6O6S. The number of nitrogens with one attached hydrogen (secondary N) is 2. The van der Waals surface area contributed by atoms with Gasteiger partial charge in [-0.15, -0.1) is 0 Å². The Morgan fingerprint density at radius 1 is 1.07 bits per heavy atom. The van der Waals surface area contributed by atoms with Gasteiger partial charge in [0.2, 0.25) is 5.91 Å². The van der Waals surface area contributed by atoms with Crippen LogP contribution in [0.5, 0.6) is 0 Å². The first kappa shape index (κ1) is 30.4. The lowest BCUT2D eigenvalue weighted by Crippen LogP contribution is -2.36. The maximum absolute atomic E-state index is 13.4. The van der Waals surface area contributed by atoms with Gasteiger partial charge in [-0.1, -0.05) is 60.7 Å². The molecule has 2 amide bonds. The fourth-order valence-electron chi connectivity index (χ4n) is 4.90. The van der Waals surface area contributed by atoms with Gasteiger partial charge in [-0.25, -0.2) is 18.2 Å². The Morgan fingerprint density at radius 2 is 1.77 bits per heavy atom. The highest BCUT2D eigenvalue weighted by Crippen LogP contribution is 2.26. The molecule has 44 heavy (non-hydrogen) atoms. The number of amidine groups is 1. The van der Waals surface area contributed by atoms with Crippen LogP contribution in [0.4, 0.5) is 10.5 Å². The fourth-order valence-corrected chi connectivity index (χ4v) is 6.17. The van der Waals surface area contributed by atoms with Crippen LogP contribution in [-0.4, -0.2) is 41.4 Å². The van der Waals surface area contributed by atoms with Crippen LogP contribution in [0.2, 0.25) is 0 Å². The van der Waals surface area contributed by atoms with Gasteiger partial charge < -0.3 is 15.8 Å². The smallest absolute Gasteiger partial charge is 0.436 e. The molecule has 4 aromatic rings. The van der Waals surface area contributed by atoms with Gasteiger partial charge in [0.1, 0.15) is 29.0 Å². The summed E-state index contributed by atoms with van der Waals surface area (Å²) in [4.78, 5) is 46.6. The topological polar surface area (TPSA) is 175 Å². The fraction of sp³-hybridized carbons (Fsp3) is 0.258. The molecule has 0 saturated carbocycles. The van der Waals surface area contributed by atoms with Gasteiger partial charge in [0, 0.05) is 23.9 Å². The number of ether oxygens (including phenoxy) is 1. The molecule has 1 aliphatic heterocycles. The molecule has 0 spiro atoms. The third-order valence-corrected chi connectivity index (χ3v) is 8.35. The number of aryl methyl sites for hydroxylation is 1. The summed E-state index contributed by atoms with van der Waals surface area (Å²) < 4.78 is 35.4. The van der Waals surface area contributed by atoms with Gasteiger partial charge in [0.05, 0.1) is 11.1 Å². The van der Waals surface area contributed by atoms with Gasteiger partial charge in [0.25, 0.3) is 15.6 Å². The summed E-state index contributed by atoms with van der Waals surface area (Å²) in [5, 5.41) is 4.08. The first-order valence-electron chi connectivity index (χ1n) is 13.9. The number of amides is 2. The number of aromatic nitrogens is 2. The Morgan fingerprint density at radius 3 is 2.50 bits per heavy atom. The van der Waals surface area contributed by atoms with Gasteiger partial charge in [0.15, 0.2) is 0 Å². The predicted molar refractivity (Wildman–Crippen MR) is 166 cm³/mol. The van der Waals surface area contributed by atoms with Gasteiger partial charge >= 0.3 is 6.09 Å². The van der Waals surface area contributed by atoms with E-state index >= 15 is 0 Å². The van der Waals surface area contributed by atoms with E-state index in [1.807, 2.05) is 6.07 Å². The molecule has 0 aliphatic carbocycles. The Kier molecular flexibility index (Phi) is 8.24. The second kappa shape index (κ2) is 11.9. The zero-order valence-corrected chi connectivity index (χ0v) is 25.2. The summed E-state index contributed by atoms with van der Waals surface area (Å²) in [5.74, 6) is -0.0136. The first-order valence-corrected chi connectivity index (χ1v) is 15.4. The van der Waals surface area contributed by atoms with Crippen molar-refractivity contribution in [1.82, 2.24) is 14.9 Å². The molecular weight excluding hydrogens is 584 g/mol. The summed E-state index contributed by atoms with van der Waals surface area (Å²) in [7, 11) is -4.14. The molecule has 5 rings (SSSR count).